The summed E-state index contributed by atoms with van der Waals surface area (Å²) in [5.74, 6) is 0.534. The minimum Gasteiger partial charge on any atom is -0.396 e. The lowest BCUT2D eigenvalue weighted by Crippen LogP contribution is -2.14. The van der Waals surface area contributed by atoms with Gasteiger partial charge in [-0.3, -0.25) is 4.79 Å². The molecule has 0 saturated heterocycles. The number of ketones is 1. The maximum atomic E-state index is 11.0. The van der Waals surface area contributed by atoms with Gasteiger partial charge in [0.2, 0.25) is 0 Å². The van der Waals surface area contributed by atoms with Crippen LogP contribution in [0.25, 0.3) is 0 Å². The molecule has 0 aromatic rings. The number of carbonyl (C=O) groups excluding carboxylic acids is 1. The fourth-order valence-electron chi connectivity index (χ4n) is 1.31. The Morgan fingerprint density at radius 2 is 2.40 bits per heavy atom. The first kappa shape index (κ1) is 7.48. The van der Waals surface area contributed by atoms with Gasteiger partial charge in [-0.15, -0.1) is 0 Å². The van der Waals surface area contributed by atoms with E-state index in [0.717, 1.165) is 0 Å². The zero-order valence-corrected chi connectivity index (χ0v) is 6.08. The summed E-state index contributed by atoms with van der Waals surface area (Å²) < 4.78 is 0. The van der Waals surface area contributed by atoms with Crippen molar-refractivity contribution >= 4 is 5.78 Å². The molecule has 2 atom stereocenters. The Balaban J connectivity index is 2.52. The summed E-state index contributed by atoms with van der Waals surface area (Å²) in [7, 11) is 0. The van der Waals surface area contributed by atoms with E-state index in [1.165, 1.54) is 0 Å². The summed E-state index contributed by atoms with van der Waals surface area (Å²) in [6.07, 6.45) is 4.13. The second-order valence-corrected chi connectivity index (χ2v) is 2.74. The van der Waals surface area contributed by atoms with Crippen LogP contribution in [0.2, 0.25) is 0 Å². The molecule has 1 aliphatic carbocycles. The van der Waals surface area contributed by atoms with Crippen molar-refractivity contribution in [3.8, 4) is 0 Å². The number of hydrogen-bond acceptors (Lipinski definition) is 2. The third-order valence-electron chi connectivity index (χ3n) is 2.00. The summed E-state index contributed by atoms with van der Waals surface area (Å²) in [5.41, 5.74) is 0. The summed E-state index contributed by atoms with van der Waals surface area (Å²) >= 11 is 0. The molecule has 0 bridgehead atoms. The van der Waals surface area contributed by atoms with Crippen molar-refractivity contribution in [2.75, 3.05) is 6.61 Å². The molecule has 0 aromatic heterocycles. The third-order valence-corrected chi connectivity index (χ3v) is 2.00. The number of hydrogen-bond donors (Lipinski definition) is 1. The van der Waals surface area contributed by atoms with Gasteiger partial charge in [0, 0.05) is 12.5 Å². The number of allylic oxidation sites excluding steroid dienone is 2. The van der Waals surface area contributed by atoms with Crippen LogP contribution >= 0.6 is 0 Å². The topological polar surface area (TPSA) is 37.3 Å². The highest BCUT2D eigenvalue weighted by atomic mass is 16.3. The summed E-state index contributed by atoms with van der Waals surface area (Å²) in [6, 6.07) is 0. The van der Waals surface area contributed by atoms with E-state index in [1.807, 2.05) is 13.0 Å². The predicted molar refractivity (Wildman–Crippen MR) is 38.5 cm³/mol. The lowest BCUT2D eigenvalue weighted by atomic mass is 9.94. The Morgan fingerprint density at radius 1 is 1.70 bits per heavy atom. The first-order valence-electron chi connectivity index (χ1n) is 3.58. The van der Waals surface area contributed by atoms with Crippen molar-refractivity contribution in [3.05, 3.63) is 12.2 Å². The molecule has 10 heavy (non-hydrogen) atoms. The maximum absolute atomic E-state index is 11.0. The van der Waals surface area contributed by atoms with Gasteiger partial charge >= 0.3 is 0 Å². The number of aliphatic hydroxyl groups is 1. The predicted octanol–water partition coefficient (Wildman–Crippen LogP) is 0.760. The molecule has 0 spiro atoms. The molecule has 2 nitrogen and oxygen atoms in total. The van der Waals surface area contributed by atoms with Crippen LogP contribution in [0.4, 0.5) is 0 Å². The minimum atomic E-state index is 0.0463. The largest absolute Gasteiger partial charge is 0.396 e. The van der Waals surface area contributed by atoms with Gasteiger partial charge in [0.1, 0.15) is 0 Å². The number of carbonyl (C=O) groups is 1. The van der Waals surface area contributed by atoms with E-state index in [9.17, 15) is 4.79 Å². The molecule has 0 heterocycles. The second kappa shape index (κ2) is 2.97. The van der Waals surface area contributed by atoms with E-state index < -0.39 is 0 Å². The molecule has 0 unspecified atom stereocenters. The minimum absolute atomic E-state index is 0.0463. The Hall–Kier alpha value is -0.630. The highest BCUT2D eigenvalue weighted by molar-refractivity contribution is 5.94. The van der Waals surface area contributed by atoms with E-state index in [-0.39, 0.29) is 18.3 Å². The highest BCUT2D eigenvalue weighted by Crippen LogP contribution is 2.23. The smallest absolute Gasteiger partial charge is 0.159 e. The van der Waals surface area contributed by atoms with E-state index in [2.05, 4.69) is 0 Å². The second-order valence-electron chi connectivity index (χ2n) is 2.74. The molecule has 0 amide bonds. The molecular formula is C8H12O2. The lowest BCUT2D eigenvalue weighted by Gasteiger charge is -2.10. The van der Waals surface area contributed by atoms with Crippen LogP contribution in [0.5, 0.6) is 0 Å². The Bertz CT molecular complexity index is 161. The van der Waals surface area contributed by atoms with E-state index in [1.54, 1.807) is 6.08 Å². The molecule has 0 saturated carbocycles. The summed E-state index contributed by atoms with van der Waals surface area (Å²) in [5, 5.41) is 8.58. The zero-order chi connectivity index (χ0) is 7.56. The van der Waals surface area contributed by atoms with Crippen LogP contribution in [-0.4, -0.2) is 17.5 Å². The Morgan fingerprint density at radius 3 is 2.80 bits per heavy atom. The monoisotopic (exact) mass is 140 g/mol. The molecule has 0 radical (unpaired) electrons. The summed E-state index contributed by atoms with van der Waals surface area (Å²) in [4.78, 5) is 11.0. The molecule has 1 N–H and O–H groups in total. The Kier molecular flexibility index (Phi) is 2.22. The van der Waals surface area contributed by atoms with Gasteiger partial charge in [0.25, 0.3) is 0 Å². The van der Waals surface area contributed by atoms with Gasteiger partial charge < -0.3 is 5.11 Å². The van der Waals surface area contributed by atoms with Crippen LogP contribution in [0.1, 0.15) is 13.3 Å². The molecule has 0 aromatic carbocycles. The third kappa shape index (κ3) is 1.27. The first-order valence-corrected chi connectivity index (χ1v) is 3.58. The van der Waals surface area contributed by atoms with Gasteiger partial charge in [-0.1, -0.05) is 13.0 Å². The van der Waals surface area contributed by atoms with Crippen LogP contribution in [0, 0.1) is 11.8 Å². The van der Waals surface area contributed by atoms with Gasteiger partial charge in [-0.05, 0) is 18.4 Å². The van der Waals surface area contributed by atoms with Gasteiger partial charge in [0.15, 0.2) is 5.78 Å². The fraction of sp³-hybridized carbons (Fsp3) is 0.625. The van der Waals surface area contributed by atoms with Gasteiger partial charge in [-0.25, -0.2) is 0 Å². The van der Waals surface area contributed by atoms with E-state index in [4.69, 9.17) is 5.11 Å². The lowest BCUT2D eigenvalue weighted by molar-refractivity contribution is -0.118. The molecule has 2 heteroatoms. The van der Waals surface area contributed by atoms with Crippen molar-refractivity contribution in [1.82, 2.24) is 0 Å². The highest BCUT2D eigenvalue weighted by Gasteiger charge is 2.25. The van der Waals surface area contributed by atoms with Crippen LogP contribution in [0.15, 0.2) is 12.2 Å². The van der Waals surface area contributed by atoms with Crippen LogP contribution in [-0.2, 0) is 4.79 Å². The SMILES string of the molecule is C[C@@H]1C=CC(=O)[C@H]1CCO. The molecule has 1 aliphatic rings. The fourth-order valence-corrected chi connectivity index (χ4v) is 1.31. The first-order chi connectivity index (χ1) is 4.75. The van der Waals surface area contributed by atoms with Gasteiger partial charge in [-0.2, -0.15) is 0 Å². The molecular weight excluding hydrogens is 128 g/mol. The molecule has 0 fully saturated rings. The van der Waals surface area contributed by atoms with Crippen molar-refractivity contribution in [3.63, 3.8) is 0 Å². The van der Waals surface area contributed by atoms with E-state index >= 15 is 0 Å². The van der Waals surface area contributed by atoms with Crippen molar-refractivity contribution in [2.24, 2.45) is 11.8 Å². The Labute approximate surface area is 60.6 Å². The molecule has 0 aliphatic heterocycles. The standard InChI is InChI=1S/C8H12O2/c1-6-2-3-8(10)7(6)4-5-9/h2-3,6-7,9H,4-5H2,1H3/t6-,7+/m1/s1. The molecule has 1 rings (SSSR count). The van der Waals surface area contributed by atoms with Crippen LogP contribution in [0.3, 0.4) is 0 Å². The van der Waals surface area contributed by atoms with Crippen molar-refractivity contribution < 1.29 is 9.90 Å². The van der Waals surface area contributed by atoms with Gasteiger partial charge in [0.05, 0.1) is 0 Å². The quantitative estimate of drug-likeness (QED) is 0.614. The average Bonchev–Trinajstić information content (AvgIpc) is 2.20. The molecule has 56 valence electrons. The number of aliphatic hydroxyl groups excluding tert-OH is 1. The van der Waals surface area contributed by atoms with Crippen molar-refractivity contribution in [2.45, 2.75) is 13.3 Å². The van der Waals surface area contributed by atoms with Crippen molar-refractivity contribution in [1.29, 1.82) is 0 Å². The van der Waals surface area contributed by atoms with E-state index in [0.29, 0.717) is 12.3 Å². The number of rotatable bonds is 2. The normalized spacial score (nSPS) is 31.6. The zero-order valence-electron chi connectivity index (χ0n) is 6.08. The van der Waals surface area contributed by atoms with Crippen LogP contribution < -0.4 is 0 Å². The average molecular weight is 140 g/mol. The maximum Gasteiger partial charge on any atom is 0.159 e. The summed E-state index contributed by atoms with van der Waals surface area (Å²) in [6.45, 7) is 2.12.